The number of benzene rings is 2. The molecule has 2 heterocycles. The van der Waals surface area contributed by atoms with E-state index in [0.29, 0.717) is 34.3 Å². The summed E-state index contributed by atoms with van der Waals surface area (Å²) in [4.78, 5) is 21.5. The zero-order valence-corrected chi connectivity index (χ0v) is 32.9. The molecule has 1 N–H and O–H groups in total. The van der Waals surface area contributed by atoms with Gasteiger partial charge in [0.2, 0.25) is 8.32 Å². The lowest BCUT2D eigenvalue weighted by Gasteiger charge is -2.44. The summed E-state index contributed by atoms with van der Waals surface area (Å²) in [7, 11) is 4.16. The molecule has 52 heavy (non-hydrogen) atoms. The molecule has 0 aliphatic carbocycles. The number of nitrogens with zero attached hydrogens (tertiary/aromatic N) is 2. The van der Waals surface area contributed by atoms with E-state index < -0.39 is 51.1 Å². The molecule has 0 saturated carbocycles. The molecule has 1 aliphatic rings. The Hall–Kier alpha value is -3.63. The van der Waals surface area contributed by atoms with Crippen molar-refractivity contribution < 1.29 is 52.2 Å². The Morgan fingerprint density at radius 1 is 0.923 bits per heavy atom. The minimum Gasteiger partial charge on any atom is -0.543 e. The number of hydrogen-bond donors (Lipinski definition) is 1. The van der Waals surface area contributed by atoms with Gasteiger partial charge in [-0.2, -0.15) is 0 Å². The molecular weight excluding hydrogens is 689 g/mol. The quantitative estimate of drug-likeness (QED) is 0.140. The van der Waals surface area contributed by atoms with Gasteiger partial charge < -0.3 is 47.4 Å². The fourth-order valence-electron chi connectivity index (χ4n) is 5.57. The van der Waals surface area contributed by atoms with Crippen LogP contribution in [0.3, 0.4) is 0 Å². The molecule has 1 fully saturated rings. The third-order valence-electron chi connectivity index (χ3n) is 9.42. The topological polar surface area (TPSA) is 146 Å². The van der Waals surface area contributed by atoms with Gasteiger partial charge in [0.25, 0.3) is 0 Å². The number of aliphatic hydroxyl groups excluding tert-OH is 1. The van der Waals surface area contributed by atoms with Crippen molar-refractivity contribution in [3.63, 3.8) is 0 Å². The minimum atomic E-state index is -2.15. The smallest absolute Gasteiger partial charge is 0.335 e. The summed E-state index contributed by atoms with van der Waals surface area (Å²) >= 11 is 0. The molecule has 0 radical (unpaired) electrons. The molecule has 0 unspecified atom stereocenters. The van der Waals surface area contributed by atoms with E-state index >= 15 is 0 Å². The number of ether oxygens (including phenoxy) is 8. The summed E-state index contributed by atoms with van der Waals surface area (Å²) in [5.41, 5.74) is 1.97. The standard InChI is InChI=1S/C38H54N2O11Si/c1-11-47-36(42)29(41)21-25-20-28(51-52(9,10)38(2,3)4)15-16-30(25)49-22-26-17-18-39-35(40-26)24-13-12-14-27(19-24)48-23-31-32(43-5)33(44-6)34(45-7)37(46-8)50-31/h12-20,29,31-34,37,41H,11,21-23H2,1-10H3/t29-,31-,32-,33+,34+,37+/m1/s1. The number of hydrogen-bond acceptors (Lipinski definition) is 13. The van der Waals surface area contributed by atoms with E-state index in [1.807, 2.05) is 36.4 Å². The predicted molar refractivity (Wildman–Crippen MR) is 196 cm³/mol. The fraction of sp³-hybridized carbons (Fsp3) is 0.553. The summed E-state index contributed by atoms with van der Waals surface area (Å²) < 4.78 is 52.6. The van der Waals surface area contributed by atoms with Crippen molar-refractivity contribution in [3.8, 4) is 28.6 Å². The van der Waals surface area contributed by atoms with Crippen LogP contribution in [0.15, 0.2) is 54.7 Å². The second-order valence-corrected chi connectivity index (χ2v) is 18.7. The molecule has 0 spiro atoms. The van der Waals surface area contributed by atoms with Crippen molar-refractivity contribution in [2.75, 3.05) is 41.7 Å². The lowest BCUT2D eigenvalue weighted by atomic mass is 9.98. The molecule has 0 amide bonds. The predicted octanol–water partition coefficient (Wildman–Crippen LogP) is 5.37. The number of methoxy groups -OCH3 is 4. The Morgan fingerprint density at radius 2 is 1.65 bits per heavy atom. The normalized spacial score (nSPS) is 21.3. The fourth-order valence-corrected chi connectivity index (χ4v) is 6.59. The van der Waals surface area contributed by atoms with Crippen LogP contribution in [-0.2, 0) is 46.2 Å². The number of rotatable bonds is 17. The molecule has 2 aromatic carbocycles. The number of aromatic nitrogens is 2. The van der Waals surface area contributed by atoms with Crippen molar-refractivity contribution >= 4 is 14.3 Å². The average molecular weight is 743 g/mol. The van der Waals surface area contributed by atoms with Crippen molar-refractivity contribution in [2.24, 2.45) is 0 Å². The highest BCUT2D eigenvalue weighted by atomic mass is 28.4. The van der Waals surface area contributed by atoms with Gasteiger partial charge in [-0.3, -0.25) is 0 Å². The first kappa shape index (κ1) is 41.1. The van der Waals surface area contributed by atoms with Gasteiger partial charge in [-0.15, -0.1) is 0 Å². The molecule has 14 heteroatoms. The van der Waals surface area contributed by atoms with Crippen LogP contribution in [0.1, 0.15) is 39.0 Å². The van der Waals surface area contributed by atoms with Crippen LogP contribution in [0.4, 0.5) is 0 Å². The molecule has 1 saturated heterocycles. The van der Waals surface area contributed by atoms with E-state index in [1.54, 1.807) is 53.7 Å². The third-order valence-corrected chi connectivity index (χ3v) is 13.8. The van der Waals surface area contributed by atoms with Crippen LogP contribution in [0.5, 0.6) is 17.2 Å². The summed E-state index contributed by atoms with van der Waals surface area (Å²) in [5, 5.41) is 10.6. The highest BCUT2D eigenvalue weighted by Gasteiger charge is 2.47. The minimum absolute atomic E-state index is 0.00702. The van der Waals surface area contributed by atoms with Crippen LogP contribution < -0.4 is 13.9 Å². The maximum Gasteiger partial charge on any atom is 0.335 e. The molecule has 1 aliphatic heterocycles. The van der Waals surface area contributed by atoms with Crippen molar-refractivity contribution in [3.05, 3.63) is 66.0 Å². The van der Waals surface area contributed by atoms with Crippen molar-refractivity contribution in [2.45, 2.75) is 95.7 Å². The van der Waals surface area contributed by atoms with E-state index in [4.69, 9.17) is 47.3 Å². The van der Waals surface area contributed by atoms with E-state index in [1.165, 1.54) is 0 Å². The zero-order chi connectivity index (χ0) is 38.1. The second-order valence-electron chi connectivity index (χ2n) is 14.0. The van der Waals surface area contributed by atoms with E-state index in [0.717, 1.165) is 5.56 Å². The molecule has 286 valence electrons. The summed E-state index contributed by atoms with van der Waals surface area (Å²) in [5.74, 6) is 1.51. The Balaban J connectivity index is 1.49. The van der Waals surface area contributed by atoms with Gasteiger partial charge in [0, 0.05) is 52.2 Å². The number of aliphatic hydroxyl groups is 1. The Bertz CT molecular complexity index is 1600. The van der Waals surface area contributed by atoms with E-state index in [-0.39, 0.29) is 31.3 Å². The lowest BCUT2D eigenvalue weighted by molar-refractivity contribution is -0.305. The van der Waals surface area contributed by atoms with Gasteiger partial charge in [0.15, 0.2) is 18.2 Å². The third kappa shape index (κ3) is 10.3. The largest absolute Gasteiger partial charge is 0.543 e. The second kappa shape index (κ2) is 18.4. The summed E-state index contributed by atoms with van der Waals surface area (Å²) in [6.45, 7) is 12.9. The molecule has 13 nitrogen and oxygen atoms in total. The van der Waals surface area contributed by atoms with Crippen molar-refractivity contribution in [1.29, 1.82) is 0 Å². The van der Waals surface area contributed by atoms with Gasteiger partial charge in [-0.25, -0.2) is 14.8 Å². The summed E-state index contributed by atoms with van der Waals surface area (Å²) in [6.07, 6.45) is -2.23. The van der Waals surface area contributed by atoms with Crippen molar-refractivity contribution in [1.82, 2.24) is 9.97 Å². The first-order valence-electron chi connectivity index (χ1n) is 17.4. The van der Waals surface area contributed by atoms with Crippen LogP contribution >= 0.6 is 0 Å². The van der Waals surface area contributed by atoms with E-state index in [2.05, 4.69) is 38.8 Å². The Kier molecular flexibility index (Phi) is 14.6. The SMILES string of the molecule is CCOC(=O)[C@H](O)Cc1cc(O[Si](C)(C)C(C)(C)C)ccc1OCc1ccnc(-c2cccc(OC[C@H]3O[C@H](OC)[C@@H](OC)[C@@H](OC)[C@@H]3OC)c2)n1. The van der Waals surface area contributed by atoms with Gasteiger partial charge in [0.05, 0.1) is 12.3 Å². The van der Waals surface area contributed by atoms with Crippen LogP contribution in [0.2, 0.25) is 18.1 Å². The molecular formula is C38H54N2O11Si. The highest BCUT2D eigenvalue weighted by Crippen LogP contribution is 2.38. The number of esters is 1. The van der Waals surface area contributed by atoms with Crippen LogP contribution in [-0.4, -0.2) is 108 Å². The Labute approximate surface area is 307 Å². The first-order chi connectivity index (χ1) is 24.7. The zero-order valence-electron chi connectivity index (χ0n) is 31.9. The Morgan fingerprint density at radius 3 is 2.31 bits per heavy atom. The highest BCUT2D eigenvalue weighted by molar-refractivity contribution is 6.74. The molecule has 1 aromatic heterocycles. The van der Waals surface area contributed by atoms with Crippen LogP contribution in [0, 0.1) is 0 Å². The molecule has 6 atom stereocenters. The monoisotopic (exact) mass is 742 g/mol. The van der Waals surface area contributed by atoms with Gasteiger partial charge in [-0.05, 0) is 61.5 Å². The maximum absolute atomic E-state index is 12.3. The van der Waals surface area contributed by atoms with E-state index in [9.17, 15) is 9.90 Å². The van der Waals surface area contributed by atoms with Crippen LogP contribution in [0.25, 0.3) is 11.4 Å². The molecule has 4 rings (SSSR count). The van der Waals surface area contributed by atoms with Gasteiger partial charge in [-0.1, -0.05) is 32.9 Å². The molecule has 0 bridgehead atoms. The van der Waals surface area contributed by atoms with Gasteiger partial charge >= 0.3 is 5.97 Å². The summed E-state index contributed by atoms with van der Waals surface area (Å²) in [6, 6.07) is 14.7. The number of carbonyl (C=O) groups excluding carboxylic acids is 1. The lowest BCUT2D eigenvalue weighted by Crippen LogP contribution is -2.61. The molecule has 3 aromatic rings. The number of carbonyl (C=O) groups is 1. The average Bonchev–Trinajstić information content (AvgIpc) is 3.12. The maximum atomic E-state index is 12.3. The van der Waals surface area contributed by atoms with Gasteiger partial charge in [0.1, 0.15) is 54.9 Å². The first-order valence-corrected chi connectivity index (χ1v) is 20.3.